The second-order valence-electron chi connectivity index (χ2n) is 5.52. The number of benzene rings is 1. The van der Waals surface area contributed by atoms with Gasteiger partial charge < -0.3 is 0 Å². The van der Waals surface area contributed by atoms with Gasteiger partial charge in [0, 0.05) is 24.5 Å². The Bertz CT molecular complexity index is 724. The summed E-state index contributed by atoms with van der Waals surface area (Å²) in [6.07, 6.45) is 2.67. The summed E-state index contributed by atoms with van der Waals surface area (Å²) in [5.41, 5.74) is 3.14. The van der Waals surface area contributed by atoms with Crippen LogP contribution in [0.3, 0.4) is 0 Å². The number of amides is 2. The summed E-state index contributed by atoms with van der Waals surface area (Å²) in [6, 6.07) is 8.02. The van der Waals surface area contributed by atoms with E-state index < -0.39 is 0 Å². The van der Waals surface area contributed by atoms with Crippen molar-refractivity contribution in [3.63, 3.8) is 0 Å². The normalized spacial score (nSPS) is 18.8. The molecule has 1 aliphatic rings. The zero-order valence-electron chi connectivity index (χ0n) is 12.3. The predicted molar refractivity (Wildman–Crippen MR) is 80.7 cm³/mol. The molecule has 0 aliphatic carbocycles. The van der Waals surface area contributed by atoms with Gasteiger partial charge in [0.2, 0.25) is 11.8 Å². The monoisotopic (exact) mass is 282 g/mol. The quantitative estimate of drug-likeness (QED) is 0.813. The number of hydrogen-bond donors (Lipinski definition) is 0. The van der Waals surface area contributed by atoms with Crippen LogP contribution in [0.15, 0.2) is 30.5 Å². The Kier molecular flexibility index (Phi) is 3.45. The van der Waals surface area contributed by atoms with Crippen LogP contribution in [0.5, 0.6) is 0 Å². The van der Waals surface area contributed by atoms with Crippen molar-refractivity contribution in [2.75, 3.05) is 6.54 Å². The molecule has 0 saturated carbocycles. The van der Waals surface area contributed by atoms with Crippen LogP contribution in [0.4, 0.5) is 0 Å². The van der Waals surface area contributed by atoms with Gasteiger partial charge >= 0.3 is 0 Å². The van der Waals surface area contributed by atoms with Gasteiger partial charge in [0.1, 0.15) is 0 Å². The predicted octanol–water partition coefficient (Wildman–Crippen LogP) is 2.48. The Morgan fingerprint density at radius 3 is 2.81 bits per heavy atom. The Balaban J connectivity index is 1.97. The maximum atomic E-state index is 12.3. The molecule has 1 unspecified atom stereocenters. The number of likely N-dealkylation sites (tertiary alicyclic amines) is 1. The van der Waals surface area contributed by atoms with Gasteiger partial charge in [-0.3, -0.25) is 19.5 Å². The smallest absolute Gasteiger partial charge is 0.233 e. The Morgan fingerprint density at radius 2 is 2.10 bits per heavy atom. The van der Waals surface area contributed by atoms with Gasteiger partial charge in [0.15, 0.2) is 0 Å². The summed E-state index contributed by atoms with van der Waals surface area (Å²) >= 11 is 0. The molecule has 4 nitrogen and oxygen atoms in total. The molecule has 0 N–H and O–H groups in total. The molecule has 0 radical (unpaired) electrons. The Labute approximate surface area is 123 Å². The van der Waals surface area contributed by atoms with Crippen LogP contribution in [-0.4, -0.2) is 28.2 Å². The van der Waals surface area contributed by atoms with Crippen molar-refractivity contribution >= 4 is 22.7 Å². The molecule has 4 heteroatoms. The number of hydrogen-bond acceptors (Lipinski definition) is 3. The van der Waals surface area contributed by atoms with Crippen molar-refractivity contribution in [3.8, 4) is 0 Å². The molecule has 0 spiro atoms. The van der Waals surface area contributed by atoms with Crippen molar-refractivity contribution in [2.45, 2.75) is 26.7 Å². The molecule has 1 saturated heterocycles. The first-order chi connectivity index (χ1) is 10.1. The highest BCUT2D eigenvalue weighted by Crippen LogP contribution is 2.28. The number of pyridine rings is 1. The van der Waals surface area contributed by atoms with Crippen molar-refractivity contribution in [1.82, 2.24) is 9.88 Å². The van der Waals surface area contributed by atoms with Gasteiger partial charge in [-0.05, 0) is 37.5 Å². The number of carbonyl (C=O) groups is 2. The number of aromatic nitrogens is 1. The topological polar surface area (TPSA) is 50.3 Å². The average molecular weight is 282 g/mol. The van der Waals surface area contributed by atoms with E-state index in [2.05, 4.69) is 11.1 Å². The molecule has 2 heterocycles. The molecule has 1 aromatic carbocycles. The summed E-state index contributed by atoms with van der Waals surface area (Å²) in [5.74, 6) is -0.350. The highest BCUT2D eigenvalue weighted by molar-refractivity contribution is 6.03. The first kappa shape index (κ1) is 13.7. The highest BCUT2D eigenvalue weighted by atomic mass is 16.2. The average Bonchev–Trinajstić information content (AvgIpc) is 2.76. The molecule has 1 atom stereocenters. The van der Waals surface area contributed by atoms with Crippen molar-refractivity contribution in [3.05, 3.63) is 41.6 Å². The van der Waals surface area contributed by atoms with Crippen LogP contribution < -0.4 is 0 Å². The van der Waals surface area contributed by atoms with E-state index in [4.69, 9.17) is 0 Å². The lowest BCUT2D eigenvalue weighted by molar-refractivity contribution is -0.139. The van der Waals surface area contributed by atoms with Gasteiger partial charge in [-0.1, -0.05) is 18.2 Å². The lowest BCUT2D eigenvalue weighted by Gasteiger charge is -2.14. The number of fused-ring (bicyclic) bond motifs is 1. The van der Waals surface area contributed by atoms with E-state index in [1.54, 1.807) is 6.20 Å². The van der Waals surface area contributed by atoms with Gasteiger partial charge in [-0.15, -0.1) is 0 Å². The molecule has 21 heavy (non-hydrogen) atoms. The van der Waals surface area contributed by atoms with Crippen molar-refractivity contribution in [2.24, 2.45) is 5.92 Å². The van der Waals surface area contributed by atoms with Gasteiger partial charge in [0.25, 0.3) is 0 Å². The molecular weight excluding hydrogens is 264 g/mol. The summed E-state index contributed by atoms with van der Waals surface area (Å²) in [5, 5.41) is 1.07. The highest BCUT2D eigenvalue weighted by Gasteiger charge is 2.37. The van der Waals surface area contributed by atoms with Crippen molar-refractivity contribution in [1.29, 1.82) is 0 Å². The van der Waals surface area contributed by atoms with Gasteiger partial charge in [0.05, 0.1) is 11.4 Å². The van der Waals surface area contributed by atoms with Gasteiger partial charge in [-0.2, -0.15) is 0 Å². The van der Waals surface area contributed by atoms with Crippen LogP contribution >= 0.6 is 0 Å². The minimum absolute atomic E-state index is 0.0464. The third-order valence-electron chi connectivity index (χ3n) is 4.22. The number of rotatable bonds is 3. The van der Waals surface area contributed by atoms with E-state index in [9.17, 15) is 9.59 Å². The lowest BCUT2D eigenvalue weighted by Crippen LogP contribution is -2.30. The SMILES string of the molecule is CCN1C(=O)CC(Cc2c(C)ccc3cccnc23)C1=O. The largest absolute Gasteiger partial charge is 0.283 e. The second kappa shape index (κ2) is 5.28. The molecule has 3 rings (SSSR count). The van der Waals surface area contributed by atoms with Crippen LogP contribution in [-0.2, 0) is 16.0 Å². The maximum absolute atomic E-state index is 12.3. The van der Waals surface area contributed by atoms with Crippen LogP contribution in [0.25, 0.3) is 10.9 Å². The van der Waals surface area contributed by atoms with Crippen LogP contribution in [0.1, 0.15) is 24.5 Å². The van der Waals surface area contributed by atoms with Crippen LogP contribution in [0, 0.1) is 12.8 Å². The molecule has 1 fully saturated rings. The minimum Gasteiger partial charge on any atom is -0.283 e. The molecule has 108 valence electrons. The molecule has 0 bridgehead atoms. The standard InChI is InChI=1S/C17H18N2O2/c1-3-19-15(20)10-13(17(19)21)9-14-11(2)6-7-12-5-4-8-18-16(12)14/h4-8,13H,3,9-10H2,1-2H3. The first-order valence-electron chi connectivity index (χ1n) is 7.29. The number of nitrogens with zero attached hydrogens (tertiary/aromatic N) is 2. The fourth-order valence-corrected chi connectivity index (χ4v) is 3.05. The fraction of sp³-hybridized carbons (Fsp3) is 0.353. The minimum atomic E-state index is -0.247. The van der Waals surface area contributed by atoms with E-state index in [-0.39, 0.29) is 17.7 Å². The number of imide groups is 1. The summed E-state index contributed by atoms with van der Waals surface area (Å²) in [6.45, 7) is 4.33. The zero-order chi connectivity index (χ0) is 15.0. The number of carbonyl (C=O) groups excluding carboxylic acids is 2. The fourth-order valence-electron chi connectivity index (χ4n) is 3.05. The number of aryl methyl sites for hydroxylation is 1. The van der Waals surface area contributed by atoms with Crippen molar-refractivity contribution < 1.29 is 9.59 Å². The van der Waals surface area contributed by atoms with E-state index >= 15 is 0 Å². The lowest BCUT2D eigenvalue weighted by atomic mass is 9.93. The van der Waals surface area contributed by atoms with E-state index in [0.717, 1.165) is 22.0 Å². The van der Waals surface area contributed by atoms with Crippen LogP contribution in [0.2, 0.25) is 0 Å². The maximum Gasteiger partial charge on any atom is 0.233 e. The molecule has 2 amide bonds. The summed E-state index contributed by atoms with van der Waals surface area (Å²) in [4.78, 5) is 30.0. The first-order valence-corrected chi connectivity index (χ1v) is 7.29. The molecule has 1 aliphatic heterocycles. The molecule has 1 aromatic heterocycles. The molecular formula is C17H18N2O2. The van der Waals surface area contributed by atoms with E-state index in [1.165, 1.54) is 4.90 Å². The Hall–Kier alpha value is -2.23. The van der Waals surface area contributed by atoms with Gasteiger partial charge in [-0.25, -0.2) is 0 Å². The third-order valence-corrected chi connectivity index (χ3v) is 4.22. The summed E-state index contributed by atoms with van der Waals surface area (Å²) in [7, 11) is 0. The molecule has 2 aromatic rings. The Morgan fingerprint density at radius 1 is 1.29 bits per heavy atom. The van der Waals surface area contributed by atoms with E-state index in [1.807, 2.05) is 32.0 Å². The summed E-state index contributed by atoms with van der Waals surface area (Å²) < 4.78 is 0. The second-order valence-corrected chi connectivity index (χ2v) is 5.52. The van der Waals surface area contributed by atoms with E-state index in [0.29, 0.717) is 19.4 Å². The third kappa shape index (κ3) is 2.31. The zero-order valence-corrected chi connectivity index (χ0v) is 12.3.